The molecule has 7 heteroatoms. The van der Waals surface area contributed by atoms with Crippen LogP contribution in [0.4, 0.5) is 0 Å². The van der Waals surface area contributed by atoms with Gasteiger partial charge in [-0.3, -0.25) is 9.36 Å². The van der Waals surface area contributed by atoms with Gasteiger partial charge in [0.2, 0.25) is 0 Å². The third kappa shape index (κ3) is 3.69. The Kier molecular flexibility index (Phi) is 5.90. The van der Waals surface area contributed by atoms with E-state index in [0.717, 1.165) is 0 Å². The summed E-state index contributed by atoms with van der Waals surface area (Å²) in [6, 6.07) is 0. The van der Waals surface area contributed by atoms with Crippen LogP contribution in [-0.4, -0.2) is 30.9 Å². The number of hydrogen-bond donors (Lipinski definition) is 0. The summed E-state index contributed by atoms with van der Waals surface area (Å²) in [6.45, 7) is 3.07. The zero-order valence-electron chi connectivity index (χ0n) is 8.52. The fourth-order valence-electron chi connectivity index (χ4n) is 0.698. The van der Waals surface area contributed by atoms with E-state index in [1.807, 2.05) is 0 Å². The Morgan fingerprint density at radius 1 is 1.29 bits per heavy atom. The monoisotopic (exact) mass is 288 g/mol. The highest BCUT2D eigenvalue weighted by molar-refractivity contribution is 9.10. The zero-order valence-corrected chi connectivity index (χ0v) is 11.0. The van der Waals surface area contributed by atoms with Gasteiger partial charge in [0, 0.05) is 14.2 Å². The highest BCUT2D eigenvalue weighted by atomic mass is 79.9. The number of carbonyl (C=O) groups is 1. The molecule has 0 aromatic rings. The van der Waals surface area contributed by atoms with Crippen LogP contribution in [0.25, 0.3) is 0 Å². The average molecular weight is 289 g/mol. The van der Waals surface area contributed by atoms with Gasteiger partial charge in [0.05, 0.1) is 0 Å². The minimum atomic E-state index is -3.33. The fourth-order valence-corrected chi connectivity index (χ4v) is 1.78. The lowest BCUT2D eigenvalue weighted by Gasteiger charge is -2.21. The summed E-state index contributed by atoms with van der Waals surface area (Å²) < 4.78 is 25.9. The van der Waals surface area contributed by atoms with Crippen molar-refractivity contribution in [1.29, 1.82) is 0 Å². The van der Waals surface area contributed by atoms with Gasteiger partial charge in [-0.05, 0) is 13.8 Å². The third-order valence-electron chi connectivity index (χ3n) is 1.57. The van der Waals surface area contributed by atoms with Crippen molar-refractivity contribution in [3.63, 3.8) is 0 Å². The van der Waals surface area contributed by atoms with E-state index in [9.17, 15) is 9.36 Å². The van der Waals surface area contributed by atoms with Crippen LogP contribution < -0.4 is 0 Å². The highest BCUT2D eigenvalue weighted by Gasteiger charge is 2.34. The number of rotatable bonds is 5. The summed E-state index contributed by atoms with van der Waals surface area (Å²) in [5, 5.41) is 0. The summed E-state index contributed by atoms with van der Waals surface area (Å²) >= 11 is 3.03. The van der Waals surface area contributed by atoms with Crippen molar-refractivity contribution in [2.24, 2.45) is 0 Å². The number of hydrogen-bond acceptors (Lipinski definition) is 5. The molecule has 0 aromatic carbocycles. The lowest BCUT2D eigenvalue weighted by molar-refractivity contribution is -0.144. The van der Waals surface area contributed by atoms with Crippen molar-refractivity contribution in [3.8, 4) is 0 Å². The van der Waals surface area contributed by atoms with Crippen molar-refractivity contribution in [2.45, 2.75) is 24.5 Å². The second kappa shape index (κ2) is 5.85. The molecule has 0 spiro atoms. The van der Waals surface area contributed by atoms with Gasteiger partial charge in [-0.2, -0.15) is 0 Å². The van der Waals surface area contributed by atoms with Gasteiger partial charge in [-0.15, -0.1) is 0 Å². The van der Waals surface area contributed by atoms with Gasteiger partial charge in [-0.25, -0.2) is 0 Å². The lowest BCUT2D eigenvalue weighted by atomic mass is 10.5. The van der Waals surface area contributed by atoms with E-state index < -0.39 is 24.2 Å². The van der Waals surface area contributed by atoms with Crippen molar-refractivity contribution in [2.75, 3.05) is 14.2 Å². The Morgan fingerprint density at radius 3 is 2.00 bits per heavy atom. The van der Waals surface area contributed by atoms with E-state index in [1.54, 1.807) is 6.92 Å². The van der Waals surface area contributed by atoms with Gasteiger partial charge in [-0.1, -0.05) is 15.9 Å². The maximum Gasteiger partial charge on any atom is 0.370 e. The van der Waals surface area contributed by atoms with Crippen LogP contribution in [0, 0.1) is 0 Å². The molecule has 2 atom stereocenters. The predicted molar refractivity (Wildman–Crippen MR) is 55.6 cm³/mol. The molecular weight excluding hydrogens is 275 g/mol. The van der Waals surface area contributed by atoms with Crippen LogP contribution in [0.5, 0.6) is 0 Å². The minimum absolute atomic E-state index is 0.452. The highest BCUT2D eigenvalue weighted by Crippen LogP contribution is 2.51. The van der Waals surface area contributed by atoms with Crippen molar-refractivity contribution < 1.29 is 23.1 Å². The number of ether oxygens (including phenoxy) is 1. The quantitative estimate of drug-likeness (QED) is 0.441. The normalized spacial score (nSPS) is 16.1. The first-order valence-electron chi connectivity index (χ1n) is 3.93. The van der Waals surface area contributed by atoms with Crippen molar-refractivity contribution in [1.82, 2.24) is 0 Å². The van der Waals surface area contributed by atoms with E-state index >= 15 is 0 Å². The molecule has 14 heavy (non-hydrogen) atoms. The van der Waals surface area contributed by atoms with Gasteiger partial charge in [0.15, 0.2) is 5.85 Å². The van der Waals surface area contributed by atoms with E-state index in [1.165, 1.54) is 21.1 Å². The van der Waals surface area contributed by atoms with Crippen LogP contribution in [-0.2, 0) is 23.1 Å². The maximum absolute atomic E-state index is 11.7. The molecular formula is C7H14BrO5P. The van der Waals surface area contributed by atoms with E-state index in [-0.39, 0.29) is 0 Å². The largest absolute Gasteiger partial charge is 0.449 e. The molecule has 0 saturated carbocycles. The molecule has 0 radical (unpaired) electrons. The average Bonchev–Trinajstić information content (AvgIpc) is 2.16. The Labute approximate surface area is 91.8 Å². The van der Waals surface area contributed by atoms with E-state index in [4.69, 9.17) is 4.74 Å². The molecule has 0 aliphatic rings. The number of halogens is 1. The van der Waals surface area contributed by atoms with Crippen LogP contribution >= 0.6 is 23.5 Å². The van der Waals surface area contributed by atoms with Gasteiger partial charge in [0.1, 0.15) is 4.83 Å². The fraction of sp³-hybridized carbons (Fsp3) is 0.857. The second-order valence-corrected chi connectivity index (χ2v) is 6.47. The van der Waals surface area contributed by atoms with Gasteiger partial charge < -0.3 is 13.8 Å². The predicted octanol–water partition coefficient (Wildman–Crippen LogP) is 2.14. The summed E-state index contributed by atoms with van der Waals surface area (Å²) in [5.74, 6) is -1.42. The molecule has 0 aromatic heterocycles. The van der Waals surface area contributed by atoms with Crippen LogP contribution in [0.1, 0.15) is 13.8 Å². The molecule has 84 valence electrons. The van der Waals surface area contributed by atoms with Crippen LogP contribution in [0.3, 0.4) is 0 Å². The molecule has 0 heterocycles. The van der Waals surface area contributed by atoms with Gasteiger partial charge in [0.25, 0.3) is 0 Å². The van der Waals surface area contributed by atoms with Crippen LogP contribution in [0.15, 0.2) is 0 Å². The number of esters is 1. The topological polar surface area (TPSA) is 61.8 Å². The molecule has 0 saturated heterocycles. The Morgan fingerprint density at radius 2 is 1.71 bits per heavy atom. The molecule has 0 fully saturated rings. The summed E-state index contributed by atoms with van der Waals surface area (Å²) in [5.41, 5.74) is 0. The zero-order chi connectivity index (χ0) is 11.4. The Balaban J connectivity index is 4.40. The van der Waals surface area contributed by atoms with E-state index in [2.05, 4.69) is 25.0 Å². The van der Waals surface area contributed by atoms with Crippen molar-refractivity contribution in [3.05, 3.63) is 0 Å². The summed E-state index contributed by atoms with van der Waals surface area (Å²) in [4.78, 5) is 10.7. The van der Waals surface area contributed by atoms with Crippen molar-refractivity contribution >= 4 is 29.5 Å². The molecule has 0 aliphatic carbocycles. The first-order chi connectivity index (χ1) is 6.37. The Bertz CT molecular complexity index is 234. The molecule has 0 bridgehead atoms. The lowest BCUT2D eigenvalue weighted by Crippen LogP contribution is -2.21. The number of carbonyl (C=O) groups excluding carboxylic acids is 1. The smallest absolute Gasteiger partial charge is 0.370 e. The molecule has 0 rings (SSSR count). The first-order valence-corrected chi connectivity index (χ1v) is 6.46. The summed E-state index contributed by atoms with van der Waals surface area (Å²) in [7, 11) is -0.845. The standard InChI is InChI=1S/C7H14BrO5P/c1-5(8)7(9)13-6(2)14(10,11-3)12-4/h5-6H,1-4H3. The molecule has 0 aliphatic heterocycles. The summed E-state index contributed by atoms with van der Waals surface area (Å²) in [6.07, 6.45) is 0. The Hall–Kier alpha value is 0.100. The second-order valence-electron chi connectivity index (χ2n) is 2.56. The maximum atomic E-state index is 11.7. The number of alkyl halides is 1. The molecule has 0 N–H and O–H groups in total. The third-order valence-corrected chi connectivity index (χ3v) is 3.95. The molecule has 5 nitrogen and oxygen atoms in total. The molecule has 2 unspecified atom stereocenters. The molecule has 0 amide bonds. The SMILES string of the molecule is COP(=O)(OC)C(C)OC(=O)C(C)Br. The van der Waals surface area contributed by atoms with Crippen LogP contribution in [0.2, 0.25) is 0 Å². The van der Waals surface area contributed by atoms with E-state index in [0.29, 0.717) is 0 Å². The van der Waals surface area contributed by atoms with Gasteiger partial charge >= 0.3 is 13.6 Å². The minimum Gasteiger partial charge on any atom is -0.449 e. The first kappa shape index (κ1) is 14.1.